The van der Waals surface area contributed by atoms with Gasteiger partial charge in [-0.05, 0) is 35.7 Å². The quantitative estimate of drug-likeness (QED) is 0.0895. The van der Waals surface area contributed by atoms with Gasteiger partial charge >= 0.3 is 0 Å². The van der Waals surface area contributed by atoms with E-state index in [4.69, 9.17) is 5.73 Å². The van der Waals surface area contributed by atoms with Crippen LogP contribution in [-0.2, 0) is 40.5 Å². The van der Waals surface area contributed by atoms with Crippen molar-refractivity contribution in [3.63, 3.8) is 0 Å². The fraction of sp³-hybridized carbons (Fsp3) is 0. The highest BCUT2D eigenvalue weighted by Gasteiger charge is 2.27. The molecule has 0 atom stereocenters. The molecule has 0 radical (unpaired) electrons. The molecule has 8 N–H and O–H groups in total. The number of hydrogen-bond donors (Lipinski definition) is 7. The van der Waals surface area contributed by atoms with Crippen LogP contribution >= 0.6 is 0 Å². The molecule has 0 saturated heterocycles. The molecule has 0 spiro atoms. The average molecular weight is 650 g/mol. The van der Waals surface area contributed by atoms with Crippen LogP contribution in [-0.4, -0.2) is 62.1 Å². The van der Waals surface area contributed by atoms with Gasteiger partial charge in [-0.1, -0.05) is 12.1 Å². The summed E-state index contributed by atoms with van der Waals surface area (Å²) in [5.41, 5.74) is 3.24. The minimum atomic E-state index is -5.29. The van der Waals surface area contributed by atoms with Gasteiger partial charge in [0.05, 0.1) is 4.90 Å². The Morgan fingerprint density at radius 2 is 1.20 bits per heavy atom. The Morgan fingerprint density at radius 3 is 1.73 bits per heavy atom. The fourth-order valence-electron chi connectivity index (χ4n) is 3.92. The van der Waals surface area contributed by atoms with Crippen LogP contribution in [0.3, 0.4) is 0 Å². The van der Waals surface area contributed by atoms with Gasteiger partial charge in [0, 0.05) is 21.8 Å². The van der Waals surface area contributed by atoms with Gasteiger partial charge in [0.2, 0.25) is 0 Å². The van der Waals surface area contributed by atoms with E-state index in [9.17, 15) is 62.1 Å². The number of phenolic OH excluding ortho intramolecular Hbond substituents is 2. The van der Waals surface area contributed by atoms with Crippen LogP contribution < -0.4 is 5.73 Å². The van der Waals surface area contributed by atoms with Crippen LogP contribution in [0.4, 0.5) is 17.1 Å². The number of anilines is 1. The van der Waals surface area contributed by atoms with E-state index in [0.717, 1.165) is 18.2 Å². The molecular weight excluding hydrogens is 634 g/mol. The van der Waals surface area contributed by atoms with Gasteiger partial charge in [-0.15, -0.1) is 10.2 Å². The summed E-state index contributed by atoms with van der Waals surface area (Å²) in [6.07, 6.45) is 0. The molecule has 0 aliphatic heterocycles. The molecule has 4 rings (SSSR count). The molecule has 0 bridgehead atoms. The first-order chi connectivity index (χ1) is 18.6. The molecule has 0 aromatic heterocycles. The van der Waals surface area contributed by atoms with Crippen molar-refractivity contribution in [2.75, 3.05) is 5.73 Å². The summed E-state index contributed by atoms with van der Waals surface area (Å²) in [4.78, 5) is -4.04. The van der Waals surface area contributed by atoms with Crippen molar-refractivity contribution >= 4 is 79.1 Å². The third-order valence-electron chi connectivity index (χ3n) is 5.58. The van der Waals surface area contributed by atoms with Crippen LogP contribution in [0.2, 0.25) is 0 Å². The average Bonchev–Trinajstić information content (AvgIpc) is 2.81. The molecule has 41 heavy (non-hydrogen) atoms. The summed E-state index contributed by atoms with van der Waals surface area (Å²) in [5, 5.41) is 26.2. The van der Waals surface area contributed by atoms with E-state index in [1.807, 2.05) is 0 Å². The molecule has 21 heteroatoms. The van der Waals surface area contributed by atoms with E-state index in [1.165, 1.54) is 0 Å². The maximum atomic E-state index is 12.1. The summed E-state index contributed by atoms with van der Waals surface area (Å²) in [7, 11) is -20.4. The predicted octanol–water partition coefficient (Wildman–Crippen LogP) is 2.39. The molecule has 17 nitrogen and oxygen atoms in total. The molecule has 0 aliphatic rings. The van der Waals surface area contributed by atoms with Crippen LogP contribution in [0.25, 0.3) is 21.5 Å². The number of rotatable bonds is 6. The summed E-state index contributed by atoms with van der Waals surface area (Å²) in [6.45, 7) is 0. The van der Waals surface area contributed by atoms with Crippen molar-refractivity contribution in [3.05, 3.63) is 42.5 Å². The Morgan fingerprint density at radius 1 is 0.610 bits per heavy atom. The predicted molar refractivity (Wildman–Crippen MR) is 139 cm³/mol. The Balaban J connectivity index is 2.11. The Kier molecular flexibility index (Phi) is 7.00. The summed E-state index contributed by atoms with van der Waals surface area (Å²) in [5.74, 6) is -2.25. The van der Waals surface area contributed by atoms with Gasteiger partial charge in [-0.3, -0.25) is 18.2 Å². The van der Waals surface area contributed by atoms with E-state index in [2.05, 4.69) is 10.2 Å². The number of azo groups is 1. The van der Waals surface area contributed by atoms with Gasteiger partial charge in [-0.25, -0.2) is 0 Å². The van der Waals surface area contributed by atoms with Gasteiger partial charge in [-0.2, -0.15) is 33.7 Å². The van der Waals surface area contributed by atoms with Crippen molar-refractivity contribution in [3.8, 4) is 11.5 Å². The number of fused-ring (bicyclic) bond motifs is 2. The van der Waals surface area contributed by atoms with Gasteiger partial charge in [0.25, 0.3) is 40.5 Å². The molecule has 0 amide bonds. The van der Waals surface area contributed by atoms with E-state index in [-0.39, 0.29) is 0 Å². The number of nitrogen functional groups attached to an aromatic ring is 1. The lowest BCUT2D eigenvalue weighted by Crippen LogP contribution is -2.03. The molecule has 0 fully saturated rings. The number of phenols is 2. The first kappa shape index (κ1) is 30.0. The highest BCUT2D eigenvalue weighted by atomic mass is 32.2. The van der Waals surface area contributed by atoms with Crippen LogP contribution in [0.15, 0.2) is 72.3 Å². The monoisotopic (exact) mass is 649 g/mol. The van der Waals surface area contributed by atoms with Crippen LogP contribution in [0, 0.1) is 0 Å². The van der Waals surface area contributed by atoms with Gasteiger partial charge < -0.3 is 15.9 Å². The topological polar surface area (TPSA) is 309 Å². The van der Waals surface area contributed by atoms with E-state index in [0.29, 0.717) is 24.3 Å². The molecule has 4 aromatic rings. The van der Waals surface area contributed by atoms with Crippen molar-refractivity contribution < 1.29 is 62.1 Å². The molecular formula is C20H15N3O14S4. The number of aromatic hydroxyl groups is 2. The largest absolute Gasteiger partial charge is 0.505 e. The zero-order chi connectivity index (χ0) is 30.9. The number of benzene rings is 4. The second-order valence-corrected chi connectivity index (χ2v) is 13.8. The van der Waals surface area contributed by atoms with Gasteiger partial charge in [0.15, 0.2) is 11.5 Å². The van der Waals surface area contributed by atoms with Crippen LogP contribution in [0.5, 0.6) is 11.5 Å². The maximum absolute atomic E-state index is 12.1. The number of nitrogens with two attached hydrogens (primary N) is 1. The zero-order valence-corrected chi connectivity index (χ0v) is 22.9. The normalized spacial score (nSPS) is 13.4. The summed E-state index contributed by atoms with van der Waals surface area (Å²) >= 11 is 0. The van der Waals surface area contributed by atoms with E-state index < -0.39 is 110 Å². The zero-order valence-electron chi connectivity index (χ0n) is 19.6. The molecule has 0 unspecified atom stereocenters. The van der Waals surface area contributed by atoms with E-state index in [1.54, 1.807) is 0 Å². The van der Waals surface area contributed by atoms with Crippen molar-refractivity contribution in [1.82, 2.24) is 0 Å². The standard InChI is InChI=1S/C20H15N3O14S4/c21-11-6-9(38(26,27)28)4-8-5-15(41(35,36)37)18(20(25)16(8)11)23-22-12-7-14(40(32,33)34)10-2-1-3-13(39(29,30)31)17(10)19(12)24/h1-7,24-25H,21H2,(H,26,27,28)(H,29,30,31)(H,32,33,34)(H,35,36,37). The lowest BCUT2D eigenvalue weighted by molar-refractivity contribution is 0.471. The third-order valence-corrected chi connectivity index (χ3v) is 9.07. The number of nitrogens with zero attached hydrogens (tertiary/aromatic N) is 2. The second kappa shape index (κ2) is 9.56. The van der Waals surface area contributed by atoms with Crippen molar-refractivity contribution in [2.24, 2.45) is 10.2 Å². The fourth-order valence-corrected chi connectivity index (χ4v) is 6.55. The molecule has 4 aromatic carbocycles. The summed E-state index contributed by atoms with van der Waals surface area (Å²) < 4.78 is 133. The molecule has 0 aliphatic carbocycles. The summed E-state index contributed by atoms with van der Waals surface area (Å²) in [6, 6.07) is 5.26. The second-order valence-electron chi connectivity index (χ2n) is 8.20. The minimum absolute atomic E-state index is 0.415. The lowest BCUT2D eigenvalue weighted by atomic mass is 10.1. The SMILES string of the molecule is Nc1cc(S(=O)(=O)O)cc2cc(S(=O)(=O)O)c(N=Nc3cc(S(=O)(=O)O)c4cccc(S(=O)(=O)O)c4c3O)c(O)c12. The first-order valence-electron chi connectivity index (χ1n) is 10.3. The maximum Gasteiger partial charge on any atom is 0.296 e. The highest BCUT2D eigenvalue weighted by molar-refractivity contribution is 7.87. The molecule has 0 saturated carbocycles. The third kappa shape index (κ3) is 5.51. The van der Waals surface area contributed by atoms with E-state index >= 15 is 0 Å². The molecule has 218 valence electrons. The van der Waals surface area contributed by atoms with Crippen molar-refractivity contribution in [1.29, 1.82) is 0 Å². The Bertz CT molecular complexity index is 2280. The highest BCUT2D eigenvalue weighted by Crippen LogP contribution is 2.46. The lowest BCUT2D eigenvalue weighted by Gasteiger charge is -2.13. The van der Waals surface area contributed by atoms with Gasteiger partial charge in [0.1, 0.15) is 26.1 Å². The van der Waals surface area contributed by atoms with Crippen LogP contribution in [0.1, 0.15) is 0 Å². The smallest absolute Gasteiger partial charge is 0.296 e. The molecule has 0 heterocycles. The Labute approximate surface area is 230 Å². The van der Waals surface area contributed by atoms with Crippen molar-refractivity contribution in [2.45, 2.75) is 19.6 Å². The minimum Gasteiger partial charge on any atom is -0.505 e. The Hall–Kier alpha value is -3.96. The number of hydrogen-bond acceptors (Lipinski definition) is 13. The first-order valence-corrected chi connectivity index (χ1v) is 16.1.